The van der Waals surface area contributed by atoms with Crippen LogP contribution in [0.2, 0.25) is 0 Å². The lowest BCUT2D eigenvalue weighted by Gasteiger charge is -2.00. The molecule has 0 aromatic carbocycles. The van der Waals surface area contributed by atoms with Crippen LogP contribution in [-0.4, -0.2) is 30.4 Å². The fraction of sp³-hybridized carbons (Fsp3) is 0.438. The van der Waals surface area contributed by atoms with Gasteiger partial charge in [-0.25, -0.2) is 4.98 Å². The van der Waals surface area contributed by atoms with E-state index in [9.17, 15) is 9.59 Å². The highest BCUT2D eigenvalue weighted by Gasteiger charge is 2.14. The first-order valence-corrected chi connectivity index (χ1v) is 9.38. The quantitative estimate of drug-likeness (QED) is 0.592. The number of nitrogens with one attached hydrogen (secondary N) is 3. The van der Waals surface area contributed by atoms with Crippen molar-refractivity contribution in [3.63, 3.8) is 0 Å². The SMILES string of the molecule is CNCCCC(=O)Nc1nc(-c2ccc(CNC(C)=O)s2)c(C)s1.Cl. The molecule has 25 heavy (non-hydrogen) atoms. The van der Waals surface area contributed by atoms with E-state index in [0.29, 0.717) is 18.1 Å². The summed E-state index contributed by atoms with van der Waals surface area (Å²) >= 11 is 3.08. The molecule has 138 valence electrons. The number of nitrogens with zero attached hydrogens (tertiary/aromatic N) is 1. The van der Waals surface area contributed by atoms with Gasteiger partial charge < -0.3 is 16.0 Å². The lowest BCUT2D eigenvalue weighted by atomic mass is 10.3. The van der Waals surface area contributed by atoms with Gasteiger partial charge in [-0.1, -0.05) is 0 Å². The smallest absolute Gasteiger partial charge is 0.226 e. The molecule has 2 rings (SSSR count). The number of halogens is 1. The van der Waals surface area contributed by atoms with Gasteiger partial charge in [-0.2, -0.15) is 0 Å². The summed E-state index contributed by atoms with van der Waals surface area (Å²) in [5.74, 6) is -0.0545. The van der Waals surface area contributed by atoms with Crippen molar-refractivity contribution < 1.29 is 9.59 Å². The van der Waals surface area contributed by atoms with E-state index in [2.05, 4.69) is 20.9 Å². The van der Waals surface area contributed by atoms with Gasteiger partial charge in [0, 0.05) is 23.1 Å². The number of thiophene rings is 1. The van der Waals surface area contributed by atoms with E-state index < -0.39 is 0 Å². The van der Waals surface area contributed by atoms with Crippen LogP contribution in [0.4, 0.5) is 5.13 Å². The molecular formula is C16H23ClN4O2S2. The van der Waals surface area contributed by atoms with E-state index in [-0.39, 0.29) is 24.2 Å². The van der Waals surface area contributed by atoms with Crippen molar-refractivity contribution in [1.29, 1.82) is 0 Å². The summed E-state index contributed by atoms with van der Waals surface area (Å²) in [6.07, 6.45) is 1.28. The zero-order valence-electron chi connectivity index (χ0n) is 14.5. The fourth-order valence-electron chi connectivity index (χ4n) is 2.10. The minimum absolute atomic E-state index is 0. The molecule has 0 radical (unpaired) electrons. The first-order chi connectivity index (χ1) is 11.5. The maximum Gasteiger partial charge on any atom is 0.226 e. The van der Waals surface area contributed by atoms with E-state index in [1.54, 1.807) is 11.3 Å². The molecule has 0 saturated heterocycles. The van der Waals surface area contributed by atoms with Gasteiger partial charge >= 0.3 is 0 Å². The summed E-state index contributed by atoms with van der Waals surface area (Å²) in [5, 5.41) is 9.31. The molecule has 0 fully saturated rings. The number of hydrogen-bond acceptors (Lipinski definition) is 6. The van der Waals surface area contributed by atoms with Crippen LogP contribution in [0.5, 0.6) is 0 Å². The van der Waals surface area contributed by atoms with E-state index >= 15 is 0 Å². The Kier molecular flexibility index (Phi) is 9.05. The third-order valence-electron chi connectivity index (χ3n) is 3.28. The van der Waals surface area contributed by atoms with Crippen LogP contribution < -0.4 is 16.0 Å². The summed E-state index contributed by atoms with van der Waals surface area (Å²) in [6.45, 7) is 4.85. The fourth-order valence-corrected chi connectivity index (χ4v) is 4.00. The highest BCUT2D eigenvalue weighted by atomic mass is 35.5. The zero-order chi connectivity index (χ0) is 17.5. The number of amides is 2. The van der Waals surface area contributed by atoms with Gasteiger partial charge in [0.05, 0.1) is 17.1 Å². The van der Waals surface area contributed by atoms with Crippen LogP contribution >= 0.6 is 35.1 Å². The number of carbonyl (C=O) groups is 2. The summed E-state index contributed by atoms with van der Waals surface area (Å²) in [6, 6.07) is 3.99. The molecular weight excluding hydrogens is 380 g/mol. The summed E-state index contributed by atoms with van der Waals surface area (Å²) in [5.41, 5.74) is 0.893. The van der Waals surface area contributed by atoms with Crippen molar-refractivity contribution in [2.75, 3.05) is 18.9 Å². The van der Waals surface area contributed by atoms with Crippen molar-refractivity contribution >= 4 is 52.0 Å². The lowest BCUT2D eigenvalue weighted by molar-refractivity contribution is -0.119. The minimum Gasteiger partial charge on any atom is -0.351 e. The van der Waals surface area contributed by atoms with Crippen LogP contribution in [0.1, 0.15) is 29.5 Å². The normalized spacial score (nSPS) is 10.2. The van der Waals surface area contributed by atoms with Crippen LogP contribution in [0.15, 0.2) is 12.1 Å². The predicted octanol–water partition coefficient (Wildman–Crippen LogP) is 3.18. The van der Waals surface area contributed by atoms with Gasteiger partial charge in [-0.05, 0) is 39.1 Å². The number of hydrogen-bond donors (Lipinski definition) is 3. The molecule has 2 heterocycles. The largest absolute Gasteiger partial charge is 0.351 e. The number of anilines is 1. The molecule has 0 saturated carbocycles. The van der Waals surface area contributed by atoms with Crippen LogP contribution in [0.3, 0.4) is 0 Å². The Hall–Kier alpha value is -1.48. The summed E-state index contributed by atoms with van der Waals surface area (Å²) in [4.78, 5) is 30.6. The number of rotatable bonds is 8. The maximum absolute atomic E-state index is 11.9. The van der Waals surface area contributed by atoms with Crippen molar-refractivity contribution in [2.45, 2.75) is 33.2 Å². The number of aryl methyl sites for hydroxylation is 1. The van der Waals surface area contributed by atoms with Crippen molar-refractivity contribution in [2.24, 2.45) is 0 Å². The maximum atomic E-state index is 11.9. The van der Waals surface area contributed by atoms with Crippen LogP contribution in [-0.2, 0) is 16.1 Å². The molecule has 0 aliphatic rings. The molecule has 0 aliphatic carbocycles. The van der Waals surface area contributed by atoms with Gasteiger partial charge in [0.1, 0.15) is 0 Å². The Morgan fingerprint density at radius 2 is 2.00 bits per heavy atom. The molecule has 0 spiro atoms. The molecule has 2 amide bonds. The van der Waals surface area contributed by atoms with Gasteiger partial charge in [0.25, 0.3) is 0 Å². The van der Waals surface area contributed by atoms with Crippen LogP contribution in [0.25, 0.3) is 10.6 Å². The molecule has 0 atom stereocenters. The second-order valence-corrected chi connectivity index (χ2v) is 7.73. The number of thiazole rings is 1. The highest BCUT2D eigenvalue weighted by Crippen LogP contribution is 2.34. The van der Waals surface area contributed by atoms with Crippen molar-refractivity contribution in [3.8, 4) is 10.6 Å². The molecule has 0 aliphatic heterocycles. The van der Waals surface area contributed by atoms with Gasteiger partial charge in [0.15, 0.2) is 5.13 Å². The standard InChI is InChI=1S/C16H22N4O2S2.ClH/c1-10-15(13-7-6-12(24-13)9-18-11(2)21)20-16(23-10)19-14(22)5-4-8-17-3;/h6-7,17H,4-5,8-9H2,1-3H3,(H,18,21)(H,19,20,22);1H. The summed E-state index contributed by atoms with van der Waals surface area (Å²) < 4.78 is 0. The highest BCUT2D eigenvalue weighted by molar-refractivity contribution is 7.18. The van der Waals surface area contributed by atoms with Crippen molar-refractivity contribution in [3.05, 3.63) is 21.9 Å². The van der Waals surface area contributed by atoms with E-state index in [4.69, 9.17) is 0 Å². The Labute approximate surface area is 161 Å². The molecule has 9 heteroatoms. The van der Waals surface area contributed by atoms with E-state index in [1.807, 2.05) is 26.1 Å². The third kappa shape index (κ3) is 6.74. The average molecular weight is 403 g/mol. The van der Waals surface area contributed by atoms with E-state index in [0.717, 1.165) is 33.3 Å². The minimum atomic E-state index is -0.0435. The average Bonchev–Trinajstić information content (AvgIpc) is 3.12. The van der Waals surface area contributed by atoms with E-state index in [1.165, 1.54) is 18.3 Å². The lowest BCUT2D eigenvalue weighted by Crippen LogP contribution is -2.17. The third-order valence-corrected chi connectivity index (χ3v) is 5.26. The molecule has 0 unspecified atom stereocenters. The molecule has 2 aromatic heterocycles. The van der Waals surface area contributed by atoms with Gasteiger partial charge in [-0.15, -0.1) is 35.1 Å². The topological polar surface area (TPSA) is 83.1 Å². The molecule has 6 nitrogen and oxygen atoms in total. The Balaban J connectivity index is 0.00000312. The first-order valence-electron chi connectivity index (χ1n) is 7.75. The van der Waals surface area contributed by atoms with Crippen LogP contribution in [0, 0.1) is 6.92 Å². The molecule has 2 aromatic rings. The first kappa shape index (κ1) is 21.6. The second kappa shape index (κ2) is 10.5. The van der Waals surface area contributed by atoms with Crippen molar-refractivity contribution in [1.82, 2.24) is 15.6 Å². The monoisotopic (exact) mass is 402 g/mol. The second-order valence-electron chi connectivity index (χ2n) is 5.35. The van der Waals surface area contributed by atoms with Gasteiger partial charge in [0.2, 0.25) is 11.8 Å². The molecule has 0 bridgehead atoms. The predicted molar refractivity (Wildman–Crippen MR) is 107 cm³/mol. The Morgan fingerprint density at radius 3 is 2.68 bits per heavy atom. The molecule has 3 N–H and O–H groups in total. The Bertz CT molecular complexity index is 715. The Morgan fingerprint density at radius 1 is 1.24 bits per heavy atom. The zero-order valence-corrected chi connectivity index (χ0v) is 16.9. The van der Waals surface area contributed by atoms with Gasteiger partial charge in [-0.3, -0.25) is 9.59 Å². The number of aromatic nitrogens is 1. The summed E-state index contributed by atoms with van der Waals surface area (Å²) in [7, 11) is 1.87. The number of carbonyl (C=O) groups excluding carboxylic acids is 2.